The second-order valence-electron chi connectivity index (χ2n) is 10.9. The van der Waals surface area contributed by atoms with Gasteiger partial charge >= 0.3 is 0 Å². The number of unbranched alkanes of at least 4 members (excludes halogenated alkanes) is 1. The smallest absolute Gasteiger partial charge is 0.264 e. The van der Waals surface area contributed by atoms with E-state index in [-0.39, 0.29) is 29.5 Å². The molecule has 1 unspecified atom stereocenters. The minimum Gasteiger partial charge on any atom is -0.354 e. The van der Waals surface area contributed by atoms with E-state index in [1.807, 2.05) is 44.2 Å². The summed E-state index contributed by atoms with van der Waals surface area (Å²) in [4.78, 5) is 29.8. The van der Waals surface area contributed by atoms with Crippen LogP contribution < -0.4 is 9.62 Å². The molecule has 0 fully saturated rings. The van der Waals surface area contributed by atoms with Crippen LogP contribution >= 0.6 is 34.8 Å². The van der Waals surface area contributed by atoms with Crippen molar-refractivity contribution in [3.63, 3.8) is 0 Å². The minimum atomic E-state index is -4.24. The molecule has 1 N–H and O–H groups in total. The lowest BCUT2D eigenvalue weighted by atomic mass is 10.0. The molecule has 0 aliphatic rings. The molecule has 46 heavy (non-hydrogen) atoms. The van der Waals surface area contributed by atoms with Crippen LogP contribution in [0.25, 0.3) is 0 Å². The van der Waals surface area contributed by atoms with Crippen LogP contribution in [0.3, 0.4) is 0 Å². The summed E-state index contributed by atoms with van der Waals surface area (Å²) < 4.78 is 29.3. The van der Waals surface area contributed by atoms with Gasteiger partial charge in [0.1, 0.15) is 12.6 Å². The maximum Gasteiger partial charge on any atom is 0.264 e. The lowest BCUT2D eigenvalue weighted by Gasteiger charge is -2.34. The molecule has 0 spiro atoms. The molecule has 0 saturated heterocycles. The average Bonchev–Trinajstić information content (AvgIpc) is 3.03. The topological polar surface area (TPSA) is 86.8 Å². The highest BCUT2D eigenvalue weighted by molar-refractivity contribution is 7.92. The molecule has 0 bridgehead atoms. The maximum absolute atomic E-state index is 14.5. The number of nitrogens with one attached hydrogen (secondary N) is 1. The van der Waals surface area contributed by atoms with Gasteiger partial charge in [0.2, 0.25) is 11.8 Å². The van der Waals surface area contributed by atoms with E-state index < -0.39 is 28.5 Å². The van der Waals surface area contributed by atoms with Crippen molar-refractivity contribution in [2.24, 2.45) is 0 Å². The standard InChI is InChI=1S/C35H36Cl3N3O4S/c1-3-4-19-39-35(43)33(20-26-9-6-5-7-10-26)40(23-27-15-16-29(37)22-32(27)38)34(42)24-41(30-12-8-11-28(36)21-30)46(44,45)31-17-13-25(2)14-18-31/h5-18,21-22,33H,3-4,19-20,23-24H2,1-2H3,(H,39,43). The van der Waals surface area contributed by atoms with Crippen LogP contribution in [0.5, 0.6) is 0 Å². The number of sulfonamides is 1. The van der Waals surface area contributed by atoms with Gasteiger partial charge in [0.25, 0.3) is 10.0 Å². The zero-order valence-electron chi connectivity index (χ0n) is 25.6. The van der Waals surface area contributed by atoms with Crippen molar-refractivity contribution in [3.8, 4) is 0 Å². The number of anilines is 1. The molecule has 4 aromatic rings. The summed E-state index contributed by atoms with van der Waals surface area (Å²) in [6, 6.07) is 25.9. The van der Waals surface area contributed by atoms with Crippen molar-refractivity contribution in [2.75, 3.05) is 17.4 Å². The molecule has 0 aliphatic carbocycles. The van der Waals surface area contributed by atoms with E-state index in [9.17, 15) is 18.0 Å². The summed E-state index contributed by atoms with van der Waals surface area (Å²) in [7, 11) is -4.24. The van der Waals surface area contributed by atoms with Crippen molar-refractivity contribution in [3.05, 3.63) is 129 Å². The Bertz CT molecular complexity index is 1750. The van der Waals surface area contributed by atoms with E-state index in [1.54, 1.807) is 48.5 Å². The largest absolute Gasteiger partial charge is 0.354 e. The number of rotatable bonds is 14. The Morgan fingerprint density at radius 1 is 0.848 bits per heavy atom. The molecule has 4 rings (SSSR count). The van der Waals surface area contributed by atoms with Gasteiger partial charge in [0.05, 0.1) is 10.6 Å². The first-order chi connectivity index (χ1) is 22.0. The molecular weight excluding hydrogens is 665 g/mol. The summed E-state index contributed by atoms with van der Waals surface area (Å²) >= 11 is 19.0. The minimum absolute atomic E-state index is 0.0105. The Morgan fingerprint density at radius 2 is 1.54 bits per heavy atom. The third-order valence-corrected chi connectivity index (χ3v) is 10.1. The van der Waals surface area contributed by atoms with Gasteiger partial charge in [0.15, 0.2) is 0 Å². The number of halogens is 3. The van der Waals surface area contributed by atoms with Gasteiger partial charge in [-0.25, -0.2) is 8.42 Å². The first-order valence-corrected chi connectivity index (χ1v) is 17.5. The van der Waals surface area contributed by atoms with Crippen molar-refractivity contribution in [1.29, 1.82) is 0 Å². The molecule has 1 atom stereocenters. The quantitative estimate of drug-likeness (QED) is 0.137. The lowest BCUT2D eigenvalue weighted by molar-refractivity contribution is -0.140. The van der Waals surface area contributed by atoms with Crippen LogP contribution in [0.15, 0.2) is 102 Å². The van der Waals surface area contributed by atoms with Gasteiger partial charge in [0, 0.05) is 34.6 Å². The number of nitrogens with zero attached hydrogens (tertiary/aromatic N) is 2. The van der Waals surface area contributed by atoms with E-state index in [1.165, 1.54) is 23.1 Å². The number of carbonyl (C=O) groups excluding carboxylic acids is 2. The predicted octanol–water partition coefficient (Wildman–Crippen LogP) is 7.71. The van der Waals surface area contributed by atoms with Crippen LogP contribution in [0.2, 0.25) is 15.1 Å². The Balaban J connectivity index is 1.81. The maximum atomic E-state index is 14.5. The monoisotopic (exact) mass is 699 g/mol. The number of aryl methyl sites for hydroxylation is 1. The first-order valence-electron chi connectivity index (χ1n) is 14.9. The van der Waals surface area contributed by atoms with Crippen LogP contribution in [-0.4, -0.2) is 44.3 Å². The normalized spacial score (nSPS) is 11.9. The molecule has 0 saturated carbocycles. The van der Waals surface area contributed by atoms with Crippen LogP contribution in [0, 0.1) is 6.92 Å². The average molecular weight is 701 g/mol. The fraction of sp³-hybridized carbons (Fsp3) is 0.257. The SMILES string of the molecule is CCCCNC(=O)C(Cc1ccccc1)N(Cc1ccc(Cl)cc1Cl)C(=O)CN(c1cccc(Cl)c1)S(=O)(=O)c1ccc(C)cc1. The lowest BCUT2D eigenvalue weighted by Crippen LogP contribution is -2.53. The molecule has 0 aromatic heterocycles. The second-order valence-corrected chi connectivity index (χ2v) is 14.1. The molecule has 242 valence electrons. The molecule has 0 heterocycles. The van der Waals surface area contributed by atoms with Crippen molar-refractivity contribution in [2.45, 2.75) is 50.6 Å². The molecular formula is C35H36Cl3N3O4S. The number of hydrogen-bond acceptors (Lipinski definition) is 4. The predicted molar refractivity (Wildman–Crippen MR) is 186 cm³/mol. The van der Waals surface area contributed by atoms with Crippen LogP contribution in [-0.2, 0) is 32.6 Å². The van der Waals surface area contributed by atoms with Gasteiger partial charge in [-0.2, -0.15) is 0 Å². The zero-order chi connectivity index (χ0) is 33.3. The van der Waals surface area contributed by atoms with Gasteiger partial charge < -0.3 is 10.2 Å². The Morgan fingerprint density at radius 3 is 2.20 bits per heavy atom. The zero-order valence-corrected chi connectivity index (χ0v) is 28.7. The summed E-state index contributed by atoms with van der Waals surface area (Å²) in [5.41, 5.74) is 2.47. The molecule has 0 radical (unpaired) electrons. The van der Waals surface area contributed by atoms with Gasteiger partial charge in [-0.15, -0.1) is 0 Å². The summed E-state index contributed by atoms with van der Waals surface area (Å²) in [5, 5.41) is 4.00. The molecule has 11 heteroatoms. The van der Waals surface area contributed by atoms with Crippen molar-refractivity contribution in [1.82, 2.24) is 10.2 Å². The fourth-order valence-electron chi connectivity index (χ4n) is 4.89. The Kier molecular flexibility index (Phi) is 12.5. The van der Waals surface area contributed by atoms with E-state index in [0.29, 0.717) is 27.2 Å². The van der Waals surface area contributed by atoms with E-state index >= 15 is 0 Å². The number of benzene rings is 4. The highest BCUT2D eigenvalue weighted by Crippen LogP contribution is 2.28. The summed E-state index contributed by atoms with van der Waals surface area (Å²) in [6.45, 7) is 3.63. The Labute approximate surface area is 286 Å². The molecule has 2 amide bonds. The highest BCUT2D eigenvalue weighted by Gasteiger charge is 2.35. The van der Waals surface area contributed by atoms with Gasteiger partial charge in [-0.05, 0) is 66.9 Å². The van der Waals surface area contributed by atoms with Gasteiger partial charge in [-0.3, -0.25) is 13.9 Å². The van der Waals surface area contributed by atoms with E-state index in [2.05, 4.69) is 5.32 Å². The van der Waals surface area contributed by atoms with Crippen molar-refractivity contribution >= 4 is 62.3 Å². The molecule has 4 aromatic carbocycles. The summed E-state index contributed by atoms with van der Waals surface area (Å²) in [5.74, 6) is -0.959. The Hall–Kier alpha value is -3.56. The third kappa shape index (κ3) is 9.26. The van der Waals surface area contributed by atoms with E-state index in [4.69, 9.17) is 34.8 Å². The van der Waals surface area contributed by atoms with Gasteiger partial charge in [-0.1, -0.05) is 108 Å². The number of amides is 2. The molecule has 0 aliphatic heterocycles. The van der Waals surface area contributed by atoms with Crippen molar-refractivity contribution < 1.29 is 18.0 Å². The second kappa shape index (κ2) is 16.3. The van der Waals surface area contributed by atoms with Crippen LogP contribution in [0.4, 0.5) is 5.69 Å². The molecule has 7 nitrogen and oxygen atoms in total. The first kappa shape index (κ1) is 35.3. The van der Waals surface area contributed by atoms with Crippen LogP contribution in [0.1, 0.15) is 36.5 Å². The third-order valence-electron chi connectivity index (χ3n) is 7.44. The van der Waals surface area contributed by atoms with E-state index in [0.717, 1.165) is 28.3 Å². The number of hydrogen-bond donors (Lipinski definition) is 1. The summed E-state index contributed by atoms with van der Waals surface area (Å²) in [6.07, 6.45) is 1.83. The fourth-order valence-corrected chi connectivity index (χ4v) is 6.95. The number of carbonyl (C=O) groups is 2. The highest BCUT2D eigenvalue weighted by atomic mass is 35.5.